The Bertz CT molecular complexity index is 1640. The lowest BCUT2D eigenvalue weighted by Crippen LogP contribution is -2.74. The quantitative estimate of drug-likeness (QED) is 0.260. The number of hydrogen-bond donors (Lipinski definition) is 1. The van der Waals surface area contributed by atoms with E-state index in [9.17, 15) is 24.3 Å². The molecular weight excluding hydrogens is 654 g/mol. The first-order valence-corrected chi connectivity index (χ1v) is 16.9. The Labute approximate surface area is 291 Å². The second kappa shape index (κ2) is 11.9. The summed E-state index contributed by atoms with van der Waals surface area (Å²) in [4.78, 5) is 54.6. The van der Waals surface area contributed by atoms with E-state index in [2.05, 4.69) is 4.90 Å². The zero-order valence-electron chi connectivity index (χ0n) is 30.2. The molecule has 2 fully saturated rings. The normalized spacial score (nSPS) is 31.4. The van der Waals surface area contributed by atoms with Gasteiger partial charge in [-0.15, -0.1) is 0 Å². The summed E-state index contributed by atoms with van der Waals surface area (Å²) in [5.74, 6) is -3.51. The molecular formula is C36H47NO13. The van der Waals surface area contributed by atoms with Crippen LogP contribution in [0.1, 0.15) is 86.3 Å². The van der Waals surface area contributed by atoms with E-state index in [-0.39, 0.29) is 29.7 Å². The third-order valence-electron chi connectivity index (χ3n) is 9.73. The first-order chi connectivity index (χ1) is 23.0. The summed E-state index contributed by atoms with van der Waals surface area (Å²) in [6, 6.07) is 3.25. The van der Waals surface area contributed by atoms with Crippen molar-refractivity contribution < 1.29 is 62.2 Å². The largest absolute Gasteiger partial charge is 0.514 e. The molecule has 3 aliphatic heterocycles. The number of ether oxygens (including phenoxy) is 8. The van der Waals surface area contributed by atoms with Gasteiger partial charge in [-0.3, -0.25) is 0 Å². The molecule has 2 bridgehead atoms. The first kappa shape index (κ1) is 36.1. The van der Waals surface area contributed by atoms with Crippen LogP contribution in [-0.2, 0) is 54.6 Å². The highest BCUT2D eigenvalue weighted by Gasteiger charge is 2.72. The van der Waals surface area contributed by atoms with Crippen molar-refractivity contribution in [2.45, 2.75) is 140 Å². The van der Waals surface area contributed by atoms with Gasteiger partial charge in [-0.1, -0.05) is 6.07 Å². The van der Waals surface area contributed by atoms with Gasteiger partial charge in [0.1, 0.15) is 17.0 Å². The summed E-state index contributed by atoms with van der Waals surface area (Å²) < 4.78 is 45.7. The molecule has 1 N–H and O–H groups in total. The summed E-state index contributed by atoms with van der Waals surface area (Å²) >= 11 is 0. The van der Waals surface area contributed by atoms with Crippen LogP contribution >= 0.6 is 0 Å². The van der Waals surface area contributed by atoms with Gasteiger partial charge in [0.05, 0.1) is 11.0 Å². The van der Waals surface area contributed by atoms with Crippen molar-refractivity contribution in [2.75, 3.05) is 13.6 Å². The van der Waals surface area contributed by atoms with Crippen LogP contribution in [0.2, 0.25) is 0 Å². The fraction of sp³-hybridized carbons (Fsp3) is 0.667. The minimum Gasteiger partial charge on any atom is -0.477 e. The van der Waals surface area contributed by atoms with Crippen molar-refractivity contribution in [1.29, 1.82) is 0 Å². The SMILES string of the molecule is CC(OC(=O)[C@@H]1OC(C)(C)O[C@H]1C(=O)OC(C)(C)C)C(=O)OC1=CC[C@@]2(O)[C@H]3Cc4ccc(OC(=O)OC(C)(C)C)c5c4[C@@]2(CCN3C)[C@H]1O5. The molecule has 5 aliphatic rings. The minimum atomic E-state index is -1.49. The van der Waals surface area contributed by atoms with E-state index in [1.165, 1.54) is 6.92 Å². The fourth-order valence-corrected chi connectivity index (χ4v) is 7.82. The number of carbonyl (C=O) groups excluding carboxylic acids is 4. The average Bonchev–Trinajstić information content (AvgIpc) is 3.50. The summed E-state index contributed by atoms with van der Waals surface area (Å²) in [7, 11) is 1.97. The van der Waals surface area contributed by atoms with Crippen molar-refractivity contribution in [3.8, 4) is 11.5 Å². The van der Waals surface area contributed by atoms with E-state index < -0.39 is 76.5 Å². The number of rotatable bonds is 6. The third-order valence-corrected chi connectivity index (χ3v) is 9.73. The van der Waals surface area contributed by atoms with Crippen molar-refractivity contribution in [3.05, 3.63) is 35.1 Å². The van der Waals surface area contributed by atoms with Crippen molar-refractivity contribution in [2.24, 2.45) is 0 Å². The van der Waals surface area contributed by atoms with Crippen LogP contribution in [0, 0.1) is 0 Å². The molecule has 2 saturated heterocycles. The van der Waals surface area contributed by atoms with Gasteiger partial charge in [-0.25, -0.2) is 19.2 Å². The second-order valence-corrected chi connectivity index (χ2v) is 16.2. The number of likely N-dealkylation sites (tertiary alicyclic amines) is 1. The average molecular weight is 702 g/mol. The van der Waals surface area contributed by atoms with E-state index in [4.69, 9.17) is 37.9 Å². The topological polar surface area (TPSA) is 166 Å². The molecule has 3 heterocycles. The number of hydrogen-bond acceptors (Lipinski definition) is 14. The van der Waals surface area contributed by atoms with Gasteiger partial charge in [0.25, 0.3) is 0 Å². The zero-order valence-corrected chi connectivity index (χ0v) is 30.2. The summed E-state index contributed by atoms with van der Waals surface area (Å²) in [5.41, 5.74) is -2.34. The Morgan fingerprint density at radius 3 is 2.24 bits per heavy atom. The van der Waals surface area contributed by atoms with Gasteiger partial charge < -0.3 is 47.9 Å². The van der Waals surface area contributed by atoms with E-state index in [1.807, 2.05) is 13.1 Å². The van der Waals surface area contributed by atoms with Gasteiger partial charge in [-0.05, 0) is 106 Å². The van der Waals surface area contributed by atoms with Crippen LogP contribution < -0.4 is 9.47 Å². The maximum Gasteiger partial charge on any atom is 0.514 e. The summed E-state index contributed by atoms with van der Waals surface area (Å²) in [5, 5.41) is 12.5. The van der Waals surface area contributed by atoms with Gasteiger partial charge in [0.15, 0.2) is 41.7 Å². The molecule has 7 atom stereocenters. The summed E-state index contributed by atoms with van der Waals surface area (Å²) in [6.45, 7) is 15.2. The van der Waals surface area contributed by atoms with Crippen LogP contribution in [0.4, 0.5) is 4.79 Å². The molecule has 1 unspecified atom stereocenters. The molecule has 0 saturated carbocycles. The van der Waals surface area contributed by atoms with E-state index in [0.29, 0.717) is 24.9 Å². The molecule has 50 heavy (non-hydrogen) atoms. The lowest BCUT2D eigenvalue weighted by Gasteiger charge is -2.61. The van der Waals surface area contributed by atoms with Gasteiger partial charge in [-0.2, -0.15) is 0 Å². The van der Waals surface area contributed by atoms with Crippen molar-refractivity contribution >= 4 is 24.1 Å². The molecule has 14 heteroatoms. The lowest BCUT2D eigenvalue weighted by atomic mass is 9.50. The predicted molar refractivity (Wildman–Crippen MR) is 173 cm³/mol. The van der Waals surface area contributed by atoms with Crippen LogP contribution in [-0.4, -0.2) is 101 Å². The van der Waals surface area contributed by atoms with Gasteiger partial charge in [0, 0.05) is 18.0 Å². The zero-order chi connectivity index (χ0) is 36.8. The van der Waals surface area contributed by atoms with Crippen molar-refractivity contribution in [1.82, 2.24) is 4.90 Å². The molecule has 0 aromatic heterocycles. The van der Waals surface area contributed by atoms with Crippen LogP contribution in [0.15, 0.2) is 24.0 Å². The third kappa shape index (κ3) is 6.13. The Morgan fingerprint density at radius 1 is 0.960 bits per heavy atom. The van der Waals surface area contributed by atoms with Crippen molar-refractivity contribution in [3.63, 3.8) is 0 Å². The fourth-order valence-electron chi connectivity index (χ4n) is 7.82. The maximum absolute atomic E-state index is 13.5. The number of likely N-dealkylation sites (N-methyl/N-ethyl adjacent to an activating group) is 1. The molecule has 0 radical (unpaired) electrons. The van der Waals surface area contributed by atoms with Crippen LogP contribution in [0.5, 0.6) is 11.5 Å². The Kier molecular flexibility index (Phi) is 8.61. The number of benzene rings is 1. The molecule has 14 nitrogen and oxygen atoms in total. The number of carbonyl (C=O) groups is 4. The Balaban J connectivity index is 1.24. The highest BCUT2D eigenvalue weighted by Crippen LogP contribution is 2.65. The molecule has 6 rings (SSSR count). The molecule has 0 amide bonds. The Morgan fingerprint density at radius 2 is 1.60 bits per heavy atom. The van der Waals surface area contributed by atoms with Crippen LogP contribution in [0.3, 0.4) is 0 Å². The summed E-state index contributed by atoms with van der Waals surface area (Å²) in [6.07, 6.45) is -3.47. The molecule has 1 aromatic rings. The van der Waals surface area contributed by atoms with E-state index >= 15 is 0 Å². The smallest absolute Gasteiger partial charge is 0.477 e. The van der Waals surface area contributed by atoms with Crippen LogP contribution in [0.25, 0.3) is 0 Å². The maximum atomic E-state index is 13.5. The van der Waals surface area contributed by atoms with E-state index in [1.54, 1.807) is 67.5 Å². The first-order valence-electron chi connectivity index (χ1n) is 16.9. The highest BCUT2D eigenvalue weighted by molar-refractivity contribution is 5.88. The Hall–Kier alpha value is -3.72. The van der Waals surface area contributed by atoms with Gasteiger partial charge in [0.2, 0.25) is 0 Å². The lowest BCUT2D eigenvalue weighted by molar-refractivity contribution is -0.183. The number of aliphatic hydroxyl groups is 1. The molecule has 1 spiro atoms. The van der Waals surface area contributed by atoms with E-state index in [0.717, 1.165) is 5.56 Å². The monoisotopic (exact) mass is 701 g/mol. The molecule has 1 aromatic carbocycles. The predicted octanol–water partition coefficient (Wildman–Crippen LogP) is 3.61. The standard InChI is InChI=1S/C36H47NO13/c1-18(43-29(39)25-26(48-34(8,9)47-25)30(40)49-32(2,3)4)28(38)44-21-13-14-36(42)22-17-19-11-12-20(45-31(41)50-33(5,6)7)24-23(19)35(36,27(21)46-24)15-16-37(22)10/h11-13,18,22,25-27,42H,14-17H2,1-10H3/t18?,22-,25-,26-,27+,35+,36-/m1/s1. The molecule has 274 valence electrons. The second-order valence-electron chi connectivity index (χ2n) is 16.2. The number of piperidine rings is 1. The minimum absolute atomic E-state index is 0.121. The molecule has 2 aliphatic carbocycles. The van der Waals surface area contributed by atoms with Gasteiger partial charge >= 0.3 is 24.1 Å². The number of esters is 3. The number of nitrogens with zero attached hydrogens (tertiary/aromatic N) is 1. The highest BCUT2D eigenvalue weighted by atomic mass is 16.8.